The molecule has 2 aromatic carbocycles. The molecule has 0 saturated carbocycles. The summed E-state index contributed by atoms with van der Waals surface area (Å²) < 4.78 is 32.4. The smallest absolute Gasteiger partial charge is 0.265 e. The molecule has 5 nitrogen and oxygen atoms in total. The van der Waals surface area contributed by atoms with Crippen molar-refractivity contribution in [2.24, 2.45) is 0 Å². The molecule has 0 saturated heterocycles. The van der Waals surface area contributed by atoms with Gasteiger partial charge in [0.2, 0.25) is 5.91 Å². The Morgan fingerprint density at radius 3 is 2.68 bits per heavy atom. The Bertz CT molecular complexity index is 944. The van der Waals surface area contributed by atoms with Crippen molar-refractivity contribution >= 4 is 39.1 Å². The molecule has 0 heterocycles. The highest BCUT2D eigenvalue weighted by molar-refractivity contribution is 7.90. The van der Waals surface area contributed by atoms with Gasteiger partial charge in [-0.3, -0.25) is 4.79 Å². The number of hydrogen-bond acceptors (Lipinski definition) is 4. The molecule has 3 rings (SSSR count). The summed E-state index contributed by atoms with van der Waals surface area (Å²) in [6, 6.07) is 9.42. The largest absolute Gasteiger partial charge is 0.496 e. The summed E-state index contributed by atoms with van der Waals surface area (Å²) in [7, 11) is -2.52. The zero-order valence-electron chi connectivity index (χ0n) is 13.3. The molecule has 0 radical (unpaired) electrons. The summed E-state index contributed by atoms with van der Waals surface area (Å²) >= 11 is 11.7. The SMILES string of the molecule is COc1cccc2c1CCC2C(=O)NS(=O)(=O)c1ccc(Cl)cc1Cl. The number of methoxy groups -OCH3 is 1. The van der Waals surface area contributed by atoms with Gasteiger partial charge in [0, 0.05) is 5.02 Å². The van der Waals surface area contributed by atoms with E-state index in [1.165, 1.54) is 18.2 Å². The van der Waals surface area contributed by atoms with Gasteiger partial charge >= 0.3 is 0 Å². The van der Waals surface area contributed by atoms with Gasteiger partial charge in [0.05, 0.1) is 18.1 Å². The summed E-state index contributed by atoms with van der Waals surface area (Å²) in [5.74, 6) is -0.430. The Hall–Kier alpha value is -1.76. The second-order valence-corrected chi connectivity index (χ2v) is 8.16. The maximum Gasteiger partial charge on any atom is 0.265 e. The Labute approximate surface area is 155 Å². The lowest BCUT2D eigenvalue weighted by Crippen LogP contribution is -2.34. The van der Waals surface area contributed by atoms with Gasteiger partial charge in [-0.2, -0.15) is 0 Å². The molecule has 8 heteroatoms. The third kappa shape index (κ3) is 3.47. The number of carbonyl (C=O) groups is 1. The normalized spacial score (nSPS) is 16.4. The van der Waals surface area contributed by atoms with Crippen LogP contribution in [-0.4, -0.2) is 21.4 Å². The number of nitrogens with one attached hydrogen (secondary N) is 1. The van der Waals surface area contributed by atoms with Crippen LogP contribution >= 0.6 is 23.2 Å². The van der Waals surface area contributed by atoms with Crippen molar-refractivity contribution in [1.82, 2.24) is 4.72 Å². The molecule has 0 bridgehead atoms. The molecule has 1 amide bonds. The fraction of sp³-hybridized carbons (Fsp3) is 0.235. The highest BCUT2D eigenvalue weighted by Crippen LogP contribution is 2.38. The molecule has 1 aliphatic rings. The number of ether oxygens (including phenoxy) is 1. The third-order valence-electron chi connectivity index (χ3n) is 4.18. The van der Waals surface area contributed by atoms with Gasteiger partial charge < -0.3 is 4.74 Å². The van der Waals surface area contributed by atoms with E-state index in [4.69, 9.17) is 27.9 Å². The van der Waals surface area contributed by atoms with Crippen LogP contribution in [-0.2, 0) is 21.2 Å². The summed E-state index contributed by atoms with van der Waals surface area (Å²) in [4.78, 5) is 12.4. The van der Waals surface area contributed by atoms with Crippen molar-refractivity contribution in [2.45, 2.75) is 23.7 Å². The van der Waals surface area contributed by atoms with Crippen molar-refractivity contribution in [1.29, 1.82) is 0 Å². The minimum Gasteiger partial charge on any atom is -0.496 e. The van der Waals surface area contributed by atoms with Crippen LogP contribution in [0.25, 0.3) is 0 Å². The van der Waals surface area contributed by atoms with E-state index in [0.717, 1.165) is 11.1 Å². The van der Waals surface area contributed by atoms with Gasteiger partial charge in [0.1, 0.15) is 10.6 Å². The van der Waals surface area contributed by atoms with Crippen molar-refractivity contribution < 1.29 is 17.9 Å². The monoisotopic (exact) mass is 399 g/mol. The van der Waals surface area contributed by atoms with E-state index in [0.29, 0.717) is 23.6 Å². The fourth-order valence-electron chi connectivity index (χ4n) is 3.04. The van der Waals surface area contributed by atoms with Crippen LogP contribution in [0.4, 0.5) is 0 Å². The molecule has 1 atom stereocenters. The van der Waals surface area contributed by atoms with E-state index < -0.39 is 21.8 Å². The summed E-state index contributed by atoms with van der Waals surface area (Å²) in [6.45, 7) is 0. The van der Waals surface area contributed by atoms with Crippen LogP contribution in [0.5, 0.6) is 5.75 Å². The topological polar surface area (TPSA) is 72.5 Å². The lowest BCUT2D eigenvalue weighted by atomic mass is 10.0. The Morgan fingerprint density at radius 2 is 2.00 bits per heavy atom. The Balaban J connectivity index is 1.87. The molecular weight excluding hydrogens is 385 g/mol. The lowest BCUT2D eigenvalue weighted by Gasteiger charge is -2.14. The Kier molecular flexibility index (Phi) is 4.95. The van der Waals surface area contributed by atoms with Crippen molar-refractivity contribution in [3.05, 3.63) is 57.6 Å². The van der Waals surface area contributed by atoms with E-state index in [1.54, 1.807) is 13.2 Å². The van der Waals surface area contributed by atoms with Gasteiger partial charge in [-0.25, -0.2) is 13.1 Å². The van der Waals surface area contributed by atoms with Crippen LogP contribution in [0.3, 0.4) is 0 Å². The number of hydrogen-bond donors (Lipinski definition) is 1. The van der Waals surface area contributed by atoms with Gasteiger partial charge in [0.25, 0.3) is 10.0 Å². The zero-order valence-corrected chi connectivity index (χ0v) is 15.6. The second-order valence-electron chi connectivity index (χ2n) is 5.66. The van der Waals surface area contributed by atoms with Crippen molar-refractivity contribution in [3.8, 4) is 5.75 Å². The molecule has 0 aromatic heterocycles. The van der Waals surface area contributed by atoms with Crippen molar-refractivity contribution in [3.63, 3.8) is 0 Å². The molecule has 2 aromatic rings. The quantitative estimate of drug-likeness (QED) is 0.852. The summed E-state index contributed by atoms with van der Waals surface area (Å²) in [6.07, 6.45) is 1.17. The van der Waals surface area contributed by atoms with Crippen molar-refractivity contribution in [2.75, 3.05) is 7.11 Å². The minimum absolute atomic E-state index is 0.0405. The number of fused-ring (bicyclic) bond motifs is 1. The number of benzene rings is 2. The first kappa shape index (κ1) is 18.0. The van der Waals surface area contributed by atoms with Crippen LogP contribution in [0, 0.1) is 0 Å². The highest BCUT2D eigenvalue weighted by Gasteiger charge is 2.33. The van der Waals surface area contributed by atoms with E-state index in [9.17, 15) is 13.2 Å². The van der Waals surface area contributed by atoms with Crippen LogP contribution in [0.15, 0.2) is 41.3 Å². The van der Waals surface area contributed by atoms with E-state index in [-0.39, 0.29) is 9.92 Å². The standard InChI is InChI=1S/C17H15Cl2NO4S/c1-24-15-4-2-3-11-12(15)6-7-13(11)17(21)20-25(22,23)16-8-5-10(18)9-14(16)19/h2-5,8-9,13H,6-7H2,1H3,(H,20,21). The predicted octanol–water partition coefficient (Wildman–Crippen LogP) is 3.54. The highest BCUT2D eigenvalue weighted by atomic mass is 35.5. The molecule has 0 fully saturated rings. The lowest BCUT2D eigenvalue weighted by molar-refractivity contribution is -0.120. The molecule has 0 spiro atoms. The Morgan fingerprint density at radius 1 is 1.24 bits per heavy atom. The van der Waals surface area contributed by atoms with Crippen LogP contribution in [0.1, 0.15) is 23.5 Å². The molecule has 25 heavy (non-hydrogen) atoms. The zero-order chi connectivity index (χ0) is 18.2. The first-order valence-electron chi connectivity index (χ1n) is 7.51. The number of carbonyl (C=O) groups excluding carboxylic acids is 1. The first-order valence-corrected chi connectivity index (χ1v) is 9.75. The maximum atomic E-state index is 12.6. The van der Waals surface area contributed by atoms with E-state index >= 15 is 0 Å². The average Bonchev–Trinajstić information content (AvgIpc) is 2.98. The molecule has 0 aliphatic heterocycles. The van der Waals surface area contributed by atoms with Crippen LogP contribution in [0.2, 0.25) is 10.0 Å². The number of halogens is 2. The first-order chi connectivity index (χ1) is 11.8. The van der Waals surface area contributed by atoms with Gasteiger partial charge in [-0.1, -0.05) is 35.3 Å². The molecule has 1 unspecified atom stereocenters. The van der Waals surface area contributed by atoms with E-state index in [2.05, 4.69) is 4.72 Å². The van der Waals surface area contributed by atoms with Crippen LogP contribution < -0.4 is 9.46 Å². The van der Waals surface area contributed by atoms with E-state index in [1.807, 2.05) is 12.1 Å². The molecule has 1 N–H and O–H groups in total. The molecular formula is C17H15Cl2NO4S. The molecule has 1 aliphatic carbocycles. The maximum absolute atomic E-state index is 12.6. The fourth-order valence-corrected chi connectivity index (χ4v) is 4.83. The minimum atomic E-state index is -4.08. The predicted molar refractivity (Wildman–Crippen MR) is 95.8 cm³/mol. The number of amides is 1. The number of rotatable bonds is 4. The average molecular weight is 400 g/mol. The van der Waals surface area contributed by atoms with Gasteiger partial charge in [-0.15, -0.1) is 0 Å². The van der Waals surface area contributed by atoms with Gasteiger partial charge in [0.15, 0.2) is 0 Å². The molecule has 132 valence electrons. The van der Waals surface area contributed by atoms with Gasteiger partial charge in [-0.05, 0) is 48.2 Å². The summed E-state index contributed by atoms with van der Waals surface area (Å²) in [5.41, 5.74) is 1.72. The second kappa shape index (κ2) is 6.86. The summed E-state index contributed by atoms with van der Waals surface area (Å²) in [5, 5.41) is 0.272. The third-order valence-corrected chi connectivity index (χ3v) is 6.25. The number of sulfonamides is 1.